The number of hydrogen-bond donors (Lipinski definition) is 1. The topological polar surface area (TPSA) is 81.9 Å². The lowest BCUT2D eigenvalue weighted by atomic mass is 9.84. The third-order valence-electron chi connectivity index (χ3n) is 4.74. The number of rotatable bonds is 5. The van der Waals surface area contributed by atoms with Crippen LogP contribution in [0.25, 0.3) is 0 Å². The quantitative estimate of drug-likeness (QED) is 0.897. The van der Waals surface area contributed by atoms with E-state index in [2.05, 4.69) is 20.8 Å². The maximum atomic E-state index is 12.7. The summed E-state index contributed by atoms with van der Waals surface area (Å²) in [5.41, 5.74) is 0.613. The molecule has 2 aliphatic rings. The largest absolute Gasteiger partial charge is 0.379 e. The van der Waals surface area contributed by atoms with Crippen LogP contribution in [0.3, 0.4) is 0 Å². The van der Waals surface area contributed by atoms with Gasteiger partial charge in [-0.1, -0.05) is 30.3 Å². The molecule has 7 heteroatoms. The van der Waals surface area contributed by atoms with Gasteiger partial charge in [0.2, 0.25) is 5.91 Å². The Hall–Kier alpha value is -2.28. The monoisotopic (exact) mass is 327 g/mol. The summed E-state index contributed by atoms with van der Waals surface area (Å²) in [7, 11) is 0. The summed E-state index contributed by atoms with van der Waals surface area (Å²) in [4.78, 5) is 12.7. The Morgan fingerprint density at radius 2 is 2.17 bits per heavy atom. The van der Waals surface area contributed by atoms with Gasteiger partial charge in [-0.3, -0.25) is 4.79 Å². The Labute approximate surface area is 140 Å². The molecule has 4 rings (SSSR count). The summed E-state index contributed by atoms with van der Waals surface area (Å²) in [5, 5.41) is 14.9. The lowest BCUT2D eigenvalue weighted by Gasteiger charge is -2.38. The molecule has 2 aromatic rings. The maximum absolute atomic E-state index is 12.7. The highest BCUT2D eigenvalue weighted by Crippen LogP contribution is 2.38. The second-order valence-electron chi connectivity index (χ2n) is 6.62. The van der Waals surface area contributed by atoms with Crippen molar-refractivity contribution < 1.29 is 9.53 Å². The summed E-state index contributed by atoms with van der Waals surface area (Å²) in [6, 6.07) is 10.0. The van der Waals surface area contributed by atoms with Crippen molar-refractivity contribution in [3.05, 3.63) is 41.7 Å². The van der Waals surface area contributed by atoms with Gasteiger partial charge in [-0.2, -0.15) is 0 Å². The van der Waals surface area contributed by atoms with Gasteiger partial charge in [0.1, 0.15) is 6.54 Å². The average Bonchev–Trinajstić information content (AvgIpc) is 3.36. The van der Waals surface area contributed by atoms with Gasteiger partial charge in [-0.15, -0.1) is 5.10 Å². The number of tetrazole rings is 1. The summed E-state index contributed by atoms with van der Waals surface area (Å²) in [6.07, 6.45) is 3.99. The van der Waals surface area contributed by atoms with Crippen LogP contribution in [0.2, 0.25) is 0 Å². The van der Waals surface area contributed by atoms with Crippen LogP contribution in [0.4, 0.5) is 0 Å². The smallest absolute Gasteiger partial charge is 0.242 e. The van der Waals surface area contributed by atoms with Gasteiger partial charge in [-0.25, -0.2) is 4.68 Å². The number of benzene rings is 1. The van der Waals surface area contributed by atoms with E-state index < -0.39 is 5.54 Å². The minimum atomic E-state index is -0.468. The van der Waals surface area contributed by atoms with E-state index in [1.165, 1.54) is 0 Å². The third kappa shape index (κ3) is 3.03. The van der Waals surface area contributed by atoms with E-state index >= 15 is 0 Å². The van der Waals surface area contributed by atoms with Crippen molar-refractivity contribution in [1.82, 2.24) is 25.5 Å². The minimum absolute atomic E-state index is 0.0847. The first-order valence-corrected chi connectivity index (χ1v) is 8.47. The molecule has 1 unspecified atom stereocenters. The van der Waals surface area contributed by atoms with Crippen molar-refractivity contribution in [2.45, 2.75) is 43.7 Å². The molecular weight excluding hydrogens is 306 g/mol. The molecule has 1 N–H and O–H groups in total. The number of hydrogen-bond acceptors (Lipinski definition) is 5. The zero-order valence-corrected chi connectivity index (χ0v) is 13.5. The summed E-state index contributed by atoms with van der Waals surface area (Å²) in [6.45, 7) is 1.38. The average molecular weight is 327 g/mol. The molecule has 1 saturated carbocycles. The van der Waals surface area contributed by atoms with Crippen molar-refractivity contribution in [3.63, 3.8) is 0 Å². The van der Waals surface area contributed by atoms with Crippen LogP contribution >= 0.6 is 0 Å². The van der Waals surface area contributed by atoms with E-state index in [1.54, 1.807) is 4.68 Å². The Morgan fingerprint density at radius 1 is 1.33 bits per heavy atom. The summed E-state index contributed by atoms with van der Waals surface area (Å²) < 4.78 is 7.31. The van der Waals surface area contributed by atoms with Crippen LogP contribution in [0.1, 0.15) is 43.0 Å². The van der Waals surface area contributed by atoms with Gasteiger partial charge >= 0.3 is 0 Å². The van der Waals surface area contributed by atoms with E-state index in [0.717, 1.165) is 43.7 Å². The number of amides is 1. The molecule has 1 amide bonds. The fourth-order valence-electron chi connectivity index (χ4n) is 3.35. The second kappa shape index (κ2) is 6.32. The van der Waals surface area contributed by atoms with Crippen LogP contribution in [0.5, 0.6) is 0 Å². The van der Waals surface area contributed by atoms with E-state index in [9.17, 15) is 4.79 Å². The number of nitrogens with one attached hydrogen (secondary N) is 1. The van der Waals surface area contributed by atoms with E-state index in [-0.39, 0.29) is 12.5 Å². The summed E-state index contributed by atoms with van der Waals surface area (Å²) in [5.74, 6) is 1.14. The molecule has 1 aromatic carbocycles. The van der Waals surface area contributed by atoms with Gasteiger partial charge in [0.15, 0.2) is 5.82 Å². The Morgan fingerprint density at radius 3 is 2.88 bits per heavy atom. The lowest BCUT2D eigenvalue weighted by Crippen LogP contribution is -2.52. The highest BCUT2D eigenvalue weighted by molar-refractivity contribution is 5.77. The standard InChI is InChI=1S/C17H21N5O2/c23-15(11-22-16(13-7-8-13)19-20-21-22)18-17(9-4-10-24-12-17)14-5-2-1-3-6-14/h1-3,5-6,13H,4,7-12H2,(H,18,23). The lowest BCUT2D eigenvalue weighted by molar-refractivity contribution is -0.126. The number of aromatic nitrogens is 4. The molecule has 1 aliphatic heterocycles. The molecule has 1 aliphatic carbocycles. The molecule has 2 fully saturated rings. The molecule has 24 heavy (non-hydrogen) atoms. The van der Waals surface area contributed by atoms with Gasteiger partial charge in [-0.05, 0) is 41.7 Å². The number of ether oxygens (including phenoxy) is 1. The van der Waals surface area contributed by atoms with Crippen molar-refractivity contribution in [2.75, 3.05) is 13.2 Å². The molecule has 0 radical (unpaired) electrons. The molecule has 7 nitrogen and oxygen atoms in total. The molecule has 0 bridgehead atoms. The van der Waals surface area contributed by atoms with Crippen molar-refractivity contribution >= 4 is 5.91 Å². The van der Waals surface area contributed by atoms with Gasteiger partial charge in [0.25, 0.3) is 0 Å². The zero-order valence-electron chi connectivity index (χ0n) is 13.5. The van der Waals surface area contributed by atoms with E-state index in [0.29, 0.717) is 12.5 Å². The fraction of sp³-hybridized carbons (Fsp3) is 0.529. The van der Waals surface area contributed by atoms with Gasteiger partial charge in [0, 0.05) is 12.5 Å². The summed E-state index contributed by atoms with van der Waals surface area (Å²) >= 11 is 0. The maximum Gasteiger partial charge on any atom is 0.242 e. The van der Waals surface area contributed by atoms with Gasteiger partial charge in [0.05, 0.1) is 12.1 Å². The first kappa shape index (κ1) is 15.3. The Balaban J connectivity index is 1.52. The predicted molar refractivity (Wildman–Crippen MR) is 86.1 cm³/mol. The van der Waals surface area contributed by atoms with Crippen LogP contribution < -0.4 is 5.32 Å². The minimum Gasteiger partial charge on any atom is -0.379 e. The van der Waals surface area contributed by atoms with Crippen molar-refractivity contribution in [1.29, 1.82) is 0 Å². The first-order chi connectivity index (χ1) is 11.8. The van der Waals surface area contributed by atoms with Crippen LogP contribution in [0.15, 0.2) is 30.3 Å². The molecule has 1 aromatic heterocycles. The Kier molecular flexibility index (Phi) is 4.02. The van der Waals surface area contributed by atoms with Crippen molar-refractivity contribution in [3.8, 4) is 0 Å². The number of carbonyl (C=O) groups is 1. The van der Waals surface area contributed by atoms with E-state index in [4.69, 9.17) is 4.74 Å². The Bertz CT molecular complexity index is 705. The van der Waals surface area contributed by atoms with Crippen LogP contribution in [-0.2, 0) is 21.6 Å². The van der Waals surface area contributed by atoms with Crippen molar-refractivity contribution in [2.24, 2.45) is 0 Å². The zero-order chi connectivity index (χ0) is 16.4. The molecule has 2 heterocycles. The molecule has 126 valence electrons. The van der Waals surface area contributed by atoms with Crippen LogP contribution in [0, 0.1) is 0 Å². The fourth-order valence-corrected chi connectivity index (χ4v) is 3.35. The number of carbonyl (C=O) groups excluding carboxylic acids is 1. The third-order valence-corrected chi connectivity index (χ3v) is 4.74. The van der Waals surface area contributed by atoms with Crippen LogP contribution in [-0.4, -0.2) is 39.3 Å². The predicted octanol–water partition coefficient (Wildman–Crippen LogP) is 1.37. The second-order valence-corrected chi connectivity index (χ2v) is 6.62. The molecule has 0 spiro atoms. The highest BCUT2D eigenvalue weighted by atomic mass is 16.5. The SMILES string of the molecule is O=C(Cn1nnnc1C1CC1)NC1(c2ccccc2)CCCOC1. The molecular formula is C17H21N5O2. The normalized spacial score (nSPS) is 23.8. The highest BCUT2D eigenvalue weighted by Gasteiger charge is 2.37. The number of nitrogens with zero attached hydrogens (tertiary/aromatic N) is 4. The van der Waals surface area contributed by atoms with Gasteiger partial charge < -0.3 is 10.1 Å². The first-order valence-electron chi connectivity index (χ1n) is 8.47. The van der Waals surface area contributed by atoms with E-state index in [1.807, 2.05) is 30.3 Å². The molecule has 1 atom stereocenters. The molecule has 1 saturated heterocycles.